The Hall–Kier alpha value is -4.99. The summed E-state index contributed by atoms with van der Waals surface area (Å²) < 4.78 is 0. The molecule has 0 aromatic carbocycles. The van der Waals surface area contributed by atoms with Gasteiger partial charge in [-0.25, -0.2) is 4.99 Å². The molecule has 0 saturated carbocycles. The number of rotatable bonds is 10. The van der Waals surface area contributed by atoms with E-state index in [4.69, 9.17) is 0 Å². The number of hydrogen-bond donors (Lipinski definition) is 5. The monoisotopic (exact) mass is 584 g/mol. The SMILES string of the molecule is C=CC1=C(C)C(/C=c2/[nH]/c(=C\c3[nH]c(/C=C4\NC(=O)[C@H](C)\C4=C/C)c(C)c3CCC(=O)O)c(CCC(=O)O)c2C)=NC1=O. The van der Waals surface area contributed by atoms with E-state index in [1.165, 1.54) is 6.08 Å². The van der Waals surface area contributed by atoms with Crippen LogP contribution in [0.1, 0.15) is 67.3 Å². The average Bonchev–Trinajstić information content (AvgIpc) is 3.59. The van der Waals surface area contributed by atoms with Crippen molar-refractivity contribution in [3.63, 3.8) is 0 Å². The second kappa shape index (κ2) is 12.5. The molecule has 43 heavy (non-hydrogen) atoms. The third-order valence-corrected chi connectivity index (χ3v) is 8.12. The Bertz CT molecular complexity index is 1810. The number of H-pyrrole nitrogens is 2. The number of aromatic nitrogens is 2. The van der Waals surface area contributed by atoms with Crippen LogP contribution in [0, 0.1) is 19.8 Å². The van der Waals surface area contributed by atoms with Gasteiger partial charge in [0.05, 0.1) is 11.6 Å². The predicted octanol–water partition coefficient (Wildman–Crippen LogP) is 3.14. The highest BCUT2D eigenvalue weighted by molar-refractivity contribution is 6.31. The number of nitrogens with one attached hydrogen (secondary N) is 3. The molecule has 1 atom stereocenters. The Morgan fingerprint density at radius 3 is 2.14 bits per heavy atom. The Kier molecular flexibility index (Phi) is 8.99. The largest absolute Gasteiger partial charge is 0.481 e. The van der Waals surface area contributed by atoms with Gasteiger partial charge in [-0.15, -0.1) is 0 Å². The number of aliphatic imine (C=N–C) groups is 1. The van der Waals surface area contributed by atoms with E-state index in [9.17, 15) is 29.4 Å². The molecule has 0 radical (unpaired) electrons. The summed E-state index contributed by atoms with van der Waals surface area (Å²) >= 11 is 0. The number of carbonyl (C=O) groups excluding carboxylic acids is 2. The summed E-state index contributed by atoms with van der Waals surface area (Å²) in [5.41, 5.74) is 7.87. The van der Waals surface area contributed by atoms with Crippen molar-refractivity contribution >= 4 is 47.7 Å². The van der Waals surface area contributed by atoms with Gasteiger partial charge in [0.15, 0.2) is 0 Å². The maximum Gasteiger partial charge on any atom is 0.303 e. The molecule has 4 heterocycles. The number of carboxylic acid groups (broad SMARTS) is 2. The summed E-state index contributed by atoms with van der Waals surface area (Å²) in [5, 5.41) is 23.1. The minimum Gasteiger partial charge on any atom is -0.481 e. The van der Waals surface area contributed by atoms with Crippen molar-refractivity contribution in [2.45, 2.75) is 60.3 Å². The van der Waals surface area contributed by atoms with Crippen LogP contribution in [0.2, 0.25) is 0 Å². The van der Waals surface area contributed by atoms with Gasteiger partial charge in [-0.1, -0.05) is 18.7 Å². The van der Waals surface area contributed by atoms with Crippen molar-refractivity contribution in [3.05, 3.63) is 85.5 Å². The minimum absolute atomic E-state index is 0.0802. The van der Waals surface area contributed by atoms with Gasteiger partial charge in [-0.05, 0) is 99.1 Å². The summed E-state index contributed by atoms with van der Waals surface area (Å²) in [6.07, 6.45) is 9.23. The van der Waals surface area contributed by atoms with Crippen LogP contribution < -0.4 is 16.0 Å². The zero-order chi connectivity index (χ0) is 31.6. The molecule has 0 aliphatic carbocycles. The number of hydrogen-bond acceptors (Lipinski definition) is 4. The van der Waals surface area contributed by atoms with E-state index >= 15 is 0 Å². The van der Waals surface area contributed by atoms with Gasteiger partial charge < -0.3 is 25.5 Å². The first-order chi connectivity index (χ1) is 20.4. The lowest BCUT2D eigenvalue weighted by Crippen LogP contribution is -2.16. The first-order valence-electron chi connectivity index (χ1n) is 14.1. The molecule has 0 unspecified atom stereocenters. The molecule has 5 N–H and O–H groups in total. The molecule has 10 heteroatoms. The summed E-state index contributed by atoms with van der Waals surface area (Å²) in [6, 6.07) is 0. The van der Waals surface area contributed by atoms with Gasteiger partial charge in [-0.2, -0.15) is 0 Å². The number of amides is 2. The van der Waals surface area contributed by atoms with Crippen LogP contribution in [0.3, 0.4) is 0 Å². The van der Waals surface area contributed by atoms with Gasteiger partial charge in [0.2, 0.25) is 5.91 Å². The Morgan fingerprint density at radius 2 is 1.56 bits per heavy atom. The fourth-order valence-corrected chi connectivity index (χ4v) is 5.57. The first kappa shape index (κ1) is 31.0. The topological polar surface area (TPSA) is 165 Å². The van der Waals surface area contributed by atoms with Gasteiger partial charge in [0, 0.05) is 46.2 Å². The first-order valence-corrected chi connectivity index (χ1v) is 14.1. The molecular weight excluding hydrogens is 548 g/mol. The van der Waals surface area contributed by atoms with Crippen molar-refractivity contribution < 1.29 is 29.4 Å². The normalized spacial score (nSPS) is 19.7. The van der Waals surface area contributed by atoms with Crippen LogP contribution in [0.25, 0.3) is 18.2 Å². The molecule has 2 aliphatic rings. The van der Waals surface area contributed by atoms with Crippen LogP contribution >= 0.6 is 0 Å². The quantitative estimate of drug-likeness (QED) is 0.288. The fourth-order valence-electron chi connectivity index (χ4n) is 5.57. The lowest BCUT2D eigenvalue weighted by atomic mass is 10.00. The van der Waals surface area contributed by atoms with E-state index in [0.717, 1.165) is 33.5 Å². The molecule has 2 amide bonds. The van der Waals surface area contributed by atoms with E-state index in [-0.39, 0.29) is 43.4 Å². The number of carbonyl (C=O) groups is 4. The van der Waals surface area contributed by atoms with Crippen molar-refractivity contribution in [2.24, 2.45) is 10.9 Å². The van der Waals surface area contributed by atoms with E-state index < -0.39 is 11.9 Å². The number of nitrogens with zero attached hydrogens (tertiary/aromatic N) is 1. The molecule has 1 fully saturated rings. The number of aliphatic carboxylic acids is 2. The van der Waals surface area contributed by atoms with Gasteiger partial charge in [0.1, 0.15) is 0 Å². The molecule has 224 valence electrons. The summed E-state index contributed by atoms with van der Waals surface area (Å²) in [7, 11) is 0. The molecule has 2 aromatic heterocycles. The Morgan fingerprint density at radius 1 is 0.907 bits per heavy atom. The molecule has 1 saturated heterocycles. The second-order valence-corrected chi connectivity index (χ2v) is 10.7. The molecule has 2 aromatic rings. The van der Waals surface area contributed by atoms with Crippen LogP contribution in [0.15, 0.2) is 46.1 Å². The summed E-state index contributed by atoms with van der Waals surface area (Å²) in [6.45, 7) is 13.0. The average molecular weight is 585 g/mol. The van der Waals surface area contributed by atoms with Crippen LogP contribution in [-0.4, -0.2) is 49.6 Å². The zero-order valence-electron chi connectivity index (χ0n) is 25.0. The molecule has 4 rings (SSSR count). The van der Waals surface area contributed by atoms with Gasteiger partial charge in [-0.3, -0.25) is 19.2 Å². The lowest BCUT2D eigenvalue weighted by Gasteiger charge is -2.03. The smallest absolute Gasteiger partial charge is 0.303 e. The predicted molar refractivity (Wildman–Crippen MR) is 165 cm³/mol. The molecule has 0 spiro atoms. The maximum atomic E-state index is 12.3. The number of aromatic amines is 2. The van der Waals surface area contributed by atoms with Gasteiger partial charge in [0.25, 0.3) is 5.91 Å². The number of allylic oxidation sites excluding steroid dienone is 3. The maximum absolute atomic E-state index is 12.3. The standard InChI is InChI=1S/C33H36N4O6/c1-7-20-19(6)32(42)37-27(20)14-25-18(5)23(10-12-31(40)41)29(35-25)15-28-22(9-11-30(38)39)17(4)24(34-28)13-26-16(3)21(8-2)33(43)36-26/h7-8,13-15,19,34-35H,2,9-12H2,1,3-6H3,(H,37,42)(H,38,39)(H,40,41)/b20-7+,24-13+,27-14-,28-15-/t19-/m1/s1. The highest BCUT2D eigenvalue weighted by atomic mass is 16.4. The third-order valence-electron chi connectivity index (χ3n) is 8.12. The number of carboxylic acids is 2. The molecule has 2 aliphatic heterocycles. The van der Waals surface area contributed by atoms with Crippen molar-refractivity contribution in [1.29, 1.82) is 0 Å². The Balaban J connectivity index is 1.91. The van der Waals surface area contributed by atoms with Crippen LogP contribution in [0.5, 0.6) is 0 Å². The zero-order valence-corrected chi connectivity index (χ0v) is 25.0. The highest BCUT2D eigenvalue weighted by Gasteiger charge is 2.29. The van der Waals surface area contributed by atoms with Crippen molar-refractivity contribution in [1.82, 2.24) is 15.3 Å². The highest BCUT2D eigenvalue weighted by Crippen LogP contribution is 2.29. The summed E-state index contributed by atoms with van der Waals surface area (Å²) in [4.78, 5) is 58.6. The lowest BCUT2D eigenvalue weighted by molar-refractivity contribution is -0.138. The van der Waals surface area contributed by atoms with Crippen molar-refractivity contribution in [3.8, 4) is 0 Å². The van der Waals surface area contributed by atoms with Gasteiger partial charge >= 0.3 is 11.9 Å². The van der Waals surface area contributed by atoms with Crippen LogP contribution in [0.4, 0.5) is 0 Å². The van der Waals surface area contributed by atoms with Crippen LogP contribution in [-0.2, 0) is 32.0 Å². The third kappa shape index (κ3) is 6.28. The molecule has 10 nitrogen and oxygen atoms in total. The van der Waals surface area contributed by atoms with E-state index in [0.29, 0.717) is 38.9 Å². The van der Waals surface area contributed by atoms with E-state index in [1.54, 1.807) is 13.0 Å². The second-order valence-electron chi connectivity index (χ2n) is 10.7. The summed E-state index contributed by atoms with van der Waals surface area (Å²) in [5.74, 6) is -2.59. The van der Waals surface area contributed by atoms with E-state index in [1.807, 2.05) is 45.9 Å². The van der Waals surface area contributed by atoms with Crippen molar-refractivity contribution in [2.75, 3.05) is 0 Å². The van der Waals surface area contributed by atoms with E-state index in [2.05, 4.69) is 26.9 Å². The fraction of sp³-hybridized carbons (Fsp3) is 0.303. The molecule has 0 bridgehead atoms. The minimum atomic E-state index is -0.934. The Labute approximate surface area is 249 Å². The molecular formula is C33H36N4O6.